The van der Waals surface area contributed by atoms with Crippen LogP contribution in [0.15, 0.2) is 0 Å². The van der Waals surface area contributed by atoms with Gasteiger partial charge in [0.05, 0.1) is 0 Å². The molecule has 1 heterocycles. The van der Waals surface area contributed by atoms with Gasteiger partial charge in [-0.2, -0.15) is 0 Å². The zero-order valence-electron chi connectivity index (χ0n) is 6.04. The molecule has 0 aliphatic carbocycles. The van der Waals surface area contributed by atoms with Crippen molar-refractivity contribution in [1.82, 2.24) is 5.32 Å². The summed E-state index contributed by atoms with van der Waals surface area (Å²) in [5.74, 6) is 0. The van der Waals surface area contributed by atoms with Gasteiger partial charge in [0, 0.05) is 0 Å². The summed E-state index contributed by atoms with van der Waals surface area (Å²) < 4.78 is 0. The molecule has 0 aromatic heterocycles. The van der Waals surface area contributed by atoms with Crippen molar-refractivity contribution < 1.29 is 59.1 Å². The maximum absolute atomic E-state index is 3.28. The minimum atomic E-state index is 0. The predicted octanol–water partition coefficient (Wildman–Crippen LogP) is -5.23. The minimum absolute atomic E-state index is 0. The van der Waals surface area contributed by atoms with E-state index in [0.29, 0.717) is 0 Å². The topological polar surface area (TPSA) is 12.0 Å². The first-order valence-electron chi connectivity index (χ1n) is 2.71. The Morgan fingerprint density at radius 1 is 0.750 bits per heavy atom. The summed E-state index contributed by atoms with van der Waals surface area (Å²) in [5.41, 5.74) is 0. The van der Waals surface area contributed by atoms with Crippen LogP contribution in [0.4, 0.5) is 0 Å². The minimum Gasteiger partial charge on any atom is -0.317 e. The average molecular weight is 131 g/mol. The van der Waals surface area contributed by atoms with Crippen molar-refractivity contribution in [1.29, 1.82) is 0 Å². The fourth-order valence-electron chi connectivity index (χ4n) is 0.802. The van der Waals surface area contributed by atoms with Gasteiger partial charge in [-0.05, 0) is 25.9 Å². The van der Waals surface area contributed by atoms with E-state index >= 15 is 0 Å². The van der Waals surface area contributed by atoms with Gasteiger partial charge in [0.15, 0.2) is 0 Å². The van der Waals surface area contributed by atoms with Crippen molar-refractivity contribution in [3.8, 4) is 0 Å². The van der Waals surface area contributed by atoms with Crippen molar-refractivity contribution in [2.24, 2.45) is 0 Å². The van der Waals surface area contributed by atoms with Crippen molar-refractivity contribution in [3.63, 3.8) is 0 Å². The number of rotatable bonds is 0. The molecule has 0 atom stereocenters. The fraction of sp³-hybridized carbons (Fsp3) is 1.00. The van der Waals surface area contributed by atoms with Gasteiger partial charge in [0.25, 0.3) is 0 Å². The molecule has 1 saturated heterocycles. The van der Waals surface area contributed by atoms with Gasteiger partial charge in [0.2, 0.25) is 0 Å². The smallest absolute Gasteiger partial charge is 0.317 e. The molecule has 0 radical (unpaired) electrons. The molecule has 1 rings (SSSR count). The Labute approximate surface area is 95.6 Å². The van der Waals surface area contributed by atoms with Crippen LogP contribution in [0.25, 0.3) is 0 Å². The van der Waals surface area contributed by atoms with E-state index in [2.05, 4.69) is 5.32 Å². The van der Waals surface area contributed by atoms with Gasteiger partial charge in [-0.25, -0.2) is 0 Å². The van der Waals surface area contributed by atoms with Gasteiger partial charge in [-0.15, -0.1) is 0 Å². The second kappa shape index (κ2) is 8.96. The Morgan fingerprint density at radius 2 is 1.25 bits per heavy atom. The maximum Gasteiger partial charge on any atom is 1.00 e. The van der Waals surface area contributed by atoms with Crippen molar-refractivity contribution >= 4 is 0 Å². The zero-order valence-corrected chi connectivity index (χ0v) is 10.0. The largest absolute Gasteiger partial charge is 1.00 e. The van der Waals surface area contributed by atoms with E-state index in [9.17, 15) is 0 Å². The van der Waals surface area contributed by atoms with Crippen LogP contribution in [-0.2, 0) is 0 Å². The molecule has 1 aliphatic heterocycles. The van der Waals surface area contributed by atoms with Gasteiger partial charge in [0.1, 0.15) is 0 Å². The van der Waals surface area contributed by atoms with Gasteiger partial charge in [-0.3, -0.25) is 0 Å². The Balaban J connectivity index is 0. The Hall–Kier alpha value is 1.96. The first kappa shape index (κ1) is 12.6. The first-order valence-corrected chi connectivity index (χ1v) is 2.71. The van der Waals surface area contributed by atoms with Crippen LogP contribution in [0.3, 0.4) is 0 Å². The monoisotopic (exact) mass is 131 g/mol. The summed E-state index contributed by atoms with van der Waals surface area (Å²) in [6, 6.07) is 0. The van der Waals surface area contributed by atoms with E-state index in [-0.39, 0.29) is 59.1 Å². The number of piperidine rings is 1. The molecule has 0 unspecified atom stereocenters. The number of hydrogen-bond acceptors (Lipinski definition) is 1. The molecule has 1 aliphatic rings. The molecule has 8 heavy (non-hydrogen) atoms. The molecule has 1 N–H and O–H groups in total. The Kier molecular flexibility index (Phi) is 14.1. The number of hydrogen-bond donors (Lipinski definition) is 1. The van der Waals surface area contributed by atoms with E-state index in [1.807, 2.05) is 0 Å². The SMILES string of the molecule is C1CCNCC1.[Na+].[Na+]. The second-order valence-electron chi connectivity index (χ2n) is 1.81. The normalized spacial score (nSPS) is 18.0. The molecule has 0 spiro atoms. The molecule has 1 nitrogen and oxygen atoms in total. The Bertz CT molecular complexity index is 25.9. The van der Waals surface area contributed by atoms with Crippen molar-refractivity contribution in [3.05, 3.63) is 0 Å². The third-order valence-corrected chi connectivity index (χ3v) is 1.21. The van der Waals surface area contributed by atoms with E-state index in [0.717, 1.165) is 0 Å². The Morgan fingerprint density at radius 3 is 1.38 bits per heavy atom. The summed E-state index contributed by atoms with van der Waals surface area (Å²) in [6.07, 6.45) is 4.22. The third kappa shape index (κ3) is 6.09. The first-order chi connectivity index (χ1) is 3.00. The van der Waals surface area contributed by atoms with E-state index in [1.54, 1.807) is 0 Å². The fourth-order valence-corrected chi connectivity index (χ4v) is 0.802. The molecule has 0 bridgehead atoms. The van der Waals surface area contributed by atoms with E-state index in [4.69, 9.17) is 0 Å². The zero-order chi connectivity index (χ0) is 4.24. The van der Waals surface area contributed by atoms with Crippen LogP contribution < -0.4 is 64.4 Å². The maximum atomic E-state index is 3.28. The molecule has 0 saturated carbocycles. The van der Waals surface area contributed by atoms with Crippen LogP contribution >= 0.6 is 0 Å². The van der Waals surface area contributed by atoms with Crippen LogP contribution in [-0.4, -0.2) is 13.1 Å². The van der Waals surface area contributed by atoms with Gasteiger partial charge < -0.3 is 5.32 Å². The van der Waals surface area contributed by atoms with Gasteiger partial charge >= 0.3 is 59.1 Å². The van der Waals surface area contributed by atoms with E-state index < -0.39 is 0 Å². The molecule has 0 aromatic rings. The summed E-state index contributed by atoms with van der Waals surface area (Å²) in [6.45, 7) is 2.50. The molecule has 3 heteroatoms. The van der Waals surface area contributed by atoms with Crippen LogP contribution in [0, 0.1) is 0 Å². The standard InChI is InChI=1S/C5H11N.2Na/c1-2-4-6-5-3-1;;/h6H,1-5H2;;/q;2*+1. The van der Waals surface area contributed by atoms with Crippen molar-refractivity contribution in [2.75, 3.05) is 13.1 Å². The van der Waals surface area contributed by atoms with Crippen molar-refractivity contribution in [2.45, 2.75) is 19.3 Å². The summed E-state index contributed by atoms with van der Waals surface area (Å²) in [5, 5.41) is 3.28. The van der Waals surface area contributed by atoms with Gasteiger partial charge in [-0.1, -0.05) is 6.42 Å². The summed E-state index contributed by atoms with van der Waals surface area (Å²) in [7, 11) is 0. The molecule has 0 amide bonds. The van der Waals surface area contributed by atoms with Crippen LogP contribution in [0.5, 0.6) is 0 Å². The number of nitrogens with one attached hydrogen (secondary N) is 1. The van der Waals surface area contributed by atoms with Crippen LogP contribution in [0.2, 0.25) is 0 Å². The molecular formula is C5H11NNa2+2. The average Bonchev–Trinajstić information content (AvgIpc) is 1.72. The van der Waals surface area contributed by atoms with Crippen LogP contribution in [0.1, 0.15) is 19.3 Å². The predicted molar refractivity (Wildman–Crippen MR) is 26.7 cm³/mol. The van der Waals surface area contributed by atoms with E-state index in [1.165, 1.54) is 32.4 Å². The molecule has 1 fully saturated rings. The molecule has 36 valence electrons. The second-order valence-corrected chi connectivity index (χ2v) is 1.81. The summed E-state index contributed by atoms with van der Waals surface area (Å²) >= 11 is 0. The molecular weight excluding hydrogens is 120 g/mol. The molecule has 0 aromatic carbocycles. The quantitative estimate of drug-likeness (QED) is 0.324. The summed E-state index contributed by atoms with van der Waals surface area (Å²) in [4.78, 5) is 0. The third-order valence-electron chi connectivity index (χ3n) is 1.21.